The number of ether oxygens (including phenoxy) is 1. The molecular weight excluding hydrogens is 577 g/mol. The van der Waals surface area contributed by atoms with Crippen molar-refractivity contribution in [3.63, 3.8) is 0 Å². The molecule has 2 aromatic rings. The van der Waals surface area contributed by atoms with Gasteiger partial charge in [-0.2, -0.15) is 26.3 Å². The highest BCUT2D eigenvalue weighted by molar-refractivity contribution is 9.10. The van der Waals surface area contributed by atoms with Crippen LogP contribution in [0.3, 0.4) is 0 Å². The van der Waals surface area contributed by atoms with Crippen molar-refractivity contribution in [3.05, 3.63) is 67.5 Å². The van der Waals surface area contributed by atoms with Crippen LogP contribution in [0.1, 0.15) is 49.1 Å². The molecule has 1 aromatic carbocycles. The van der Waals surface area contributed by atoms with Crippen molar-refractivity contribution < 1.29 is 40.3 Å². The lowest BCUT2D eigenvalue weighted by atomic mass is 10.0. The maximum Gasteiger partial charge on any atom is 0.416 e. The third-order valence-electron chi connectivity index (χ3n) is 5.55. The fourth-order valence-electron chi connectivity index (χ4n) is 3.93. The van der Waals surface area contributed by atoms with Gasteiger partial charge in [0.2, 0.25) is 0 Å². The fraction of sp³-hybridized carbons (Fsp3) is 0.500. The molecule has 0 N–H and O–H groups in total. The van der Waals surface area contributed by atoms with Crippen LogP contribution in [0.5, 0.6) is 0 Å². The van der Waals surface area contributed by atoms with E-state index in [1.165, 1.54) is 20.8 Å². The smallest absolute Gasteiger partial charge is 0.416 e. The average molecular weight is 601 g/mol. The predicted molar refractivity (Wildman–Crippen MR) is 124 cm³/mol. The molecule has 1 atom stereocenters. The molecule has 0 spiro atoms. The van der Waals surface area contributed by atoms with Gasteiger partial charge in [0.25, 0.3) is 5.56 Å². The number of benzene rings is 1. The molecule has 0 aliphatic carbocycles. The van der Waals surface area contributed by atoms with Gasteiger partial charge in [0.15, 0.2) is 6.04 Å². The summed E-state index contributed by atoms with van der Waals surface area (Å²) in [5, 5.41) is 0. The van der Waals surface area contributed by atoms with E-state index in [1.807, 2.05) is 0 Å². The number of nitrogens with zero attached hydrogens (tertiary/aromatic N) is 2. The Labute approximate surface area is 216 Å². The van der Waals surface area contributed by atoms with Crippen LogP contribution >= 0.6 is 15.9 Å². The van der Waals surface area contributed by atoms with E-state index in [2.05, 4.69) is 15.9 Å². The maximum absolute atomic E-state index is 13.7. The molecule has 2 heterocycles. The average Bonchev–Trinajstić information content (AvgIpc) is 2.69. The quantitative estimate of drug-likeness (QED) is 0.312. The summed E-state index contributed by atoms with van der Waals surface area (Å²) in [6, 6.07) is 1.07. The van der Waals surface area contributed by atoms with Gasteiger partial charge in [0, 0.05) is 36.4 Å². The summed E-state index contributed by atoms with van der Waals surface area (Å²) in [4.78, 5) is 27.7. The van der Waals surface area contributed by atoms with Crippen molar-refractivity contribution in [2.45, 2.75) is 57.4 Å². The number of esters is 1. The fourth-order valence-corrected chi connectivity index (χ4v) is 4.44. The highest BCUT2D eigenvalue weighted by atomic mass is 79.9. The summed E-state index contributed by atoms with van der Waals surface area (Å²) >= 11 is 2.96. The minimum Gasteiger partial charge on any atom is -0.458 e. The Balaban J connectivity index is 2.18. The molecular formula is C24H24BrF7N2O3. The topological polar surface area (TPSA) is 51.5 Å². The van der Waals surface area contributed by atoms with E-state index in [9.17, 15) is 40.3 Å². The van der Waals surface area contributed by atoms with E-state index < -0.39 is 52.8 Å². The van der Waals surface area contributed by atoms with E-state index >= 15 is 0 Å². The minimum atomic E-state index is -4.91. The third-order valence-corrected chi connectivity index (χ3v) is 6.01. The first-order valence-electron chi connectivity index (χ1n) is 11.1. The number of carbonyl (C=O) groups excluding carboxylic acids is 1. The third kappa shape index (κ3) is 7.34. The summed E-state index contributed by atoms with van der Waals surface area (Å²) in [5.74, 6) is -1.13. The van der Waals surface area contributed by atoms with E-state index in [4.69, 9.17) is 4.74 Å². The van der Waals surface area contributed by atoms with Crippen LogP contribution in [0.15, 0.2) is 39.7 Å². The molecule has 204 valence electrons. The molecule has 0 saturated carbocycles. The van der Waals surface area contributed by atoms with E-state index in [1.54, 1.807) is 4.90 Å². The first-order valence-corrected chi connectivity index (χ1v) is 11.9. The summed E-state index contributed by atoms with van der Waals surface area (Å²) < 4.78 is 101. The summed E-state index contributed by atoms with van der Waals surface area (Å²) in [5.41, 5.74) is -5.43. The van der Waals surface area contributed by atoms with Crippen molar-refractivity contribution >= 4 is 21.9 Å². The summed E-state index contributed by atoms with van der Waals surface area (Å²) in [6.07, 6.45) is -10.2. The molecule has 0 bridgehead atoms. The Morgan fingerprint density at radius 2 is 1.68 bits per heavy atom. The van der Waals surface area contributed by atoms with Crippen molar-refractivity contribution in [1.29, 1.82) is 0 Å². The molecule has 1 saturated heterocycles. The van der Waals surface area contributed by atoms with Gasteiger partial charge in [-0.25, -0.2) is 9.18 Å². The van der Waals surface area contributed by atoms with Gasteiger partial charge >= 0.3 is 18.3 Å². The van der Waals surface area contributed by atoms with Crippen LogP contribution < -0.4 is 5.56 Å². The Bertz CT molecular complexity index is 1210. The lowest BCUT2D eigenvalue weighted by molar-refractivity contribution is -0.157. The number of hydrogen-bond donors (Lipinski definition) is 0. The zero-order valence-corrected chi connectivity index (χ0v) is 21.6. The monoisotopic (exact) mass is 600 g/mol. The number of aromatic nitrogens is 1. The number of hydrogen-bond acceptors (Lipinski definition) is 4. The number of pyridine rings is 1. The van der Waals surface area contributed by atoms with Crippen LogP contribution in [0, 0.1) is 0 Å². The second-order valence-corrected chi connectivity index (χ2v) is 10.7. The van der Waals surface area contributed by atoms with Crippen LogP contribution in [0.2, 0.25) is 0 Å². The van der Waals surface area contributed by atoms with Gasteiger partial charge in [-0.3, -0.25) is 14.3 Å². The van der Waals surface area contributed by atoms with Crippen molar-refractivity contribution in [2.24, 2.45) is 0 Å². The highest BCUT2D eigenvalue weighted by Gasteiger charge is 2.38. The standard InChI is InChI=1S/C24H24BrF7N2O3/c1-22(2,3)37-21(36)20(14-6-15(23(27,28)29)8-16(25)7-14)34-10-13(4-5-33-11-17(26)12-33)18(9-19(34)35)24(30,31)32/h6-10,17,20H,4-5,11-12H2,1-3H3. The molecule has 1 unspecified atom stereocenters. The molecule has 1 fully saturated rings. The number of likely N-dealkylation sites (tertiary alicyclic amines) is 1. The Morgan fingerprint density at radius 3 is 2.19 bits per heavy atom. The Kier molecular flexibility index (Phi) is 8.19. The lowest BCUT2D eigenvalue weighted by Gasteiger charge is -2.34. The van der Waals surface area contributed by atoms with Gasteiger partial charge < -0.3 is 4.74 Å². The molecule has 0 amide bonds. The van der Waals surface area contributed by atoms with Gasteiger partial charge in [0.05, 0.1) is 11.1 Å². The van der Waals surface area contributed by atoms with Crippen molar-refractivity contribution in [1.82, 2.24) is 9.47 Å². The number of halogens is 8. The normalized spacial score (nSPS) is 16.4. The van der Waals surface area contributed by atoms with E-state index in [0.29, 0.717) is 16.7 Å². The minimum absolute atomic E-state index is 0.0495. The van der Waals surface area contributed by atoms with Gasteiger partial charge in [-0.15, -0.1) is 0 Å². The number of carbonyl (C=O) groups is 1. The van der Waals surface area contributed by atoms with Crippen molar-refractivity contribution in [3.8, 4) is 0 Å². The highest BCUT2D eigenvalue weighted by Crippen LogP contribution is 2.36. The van der Waals surface area contributed by atoms with Gasteiger partial charge in [-0.1, -0.05) is 15.9 Å². The first kappa shape index (κ1) is 29.2. The van der Waals surface area contributed by atoms with Crippen LogP contribution in [0.25, 0.3) is 0 Å². The van der Waals surface area contributed by atoms with Crippen LogP contribution in [0.4, 0.5) is 30.7 Å². The Hall–Kier alpha value is -2.41. The Morgan fingerprint density at radius 1 is 1.05 bits per heavy atom. The molecule has 0 radical (unpaired) electrons. The second-order valence-electron chi connectivity index (χ2n) is 9.77. The van der Waals surface area contributed by atoms with Crippen molar-refractivity contribution in [2.75, 3.05) is 19.6 Å². The predicted octanol–water partition coefficient (Wildman–Crippen LogP) is 5.78. The largest absolute Gasteiger partial charge is 0.458 e. The second kappa shape index (κ2) is 10.4. The zero-order valence-electron chi connectivity index (χ0n) is 20.0. The molecule has 1 aliphatic rings. The van der Waals surface area contributed by atoms with Gasteiger partial charge in [-0.05, 0) is 56.5 Å². The number of alkyl halides is 7. The number of rotatable bonds is 6. The van der Waals surface area contributed by atoms with E-state index in [0.717, 1.165) is 18.3 Å². The zero-order chi connectivity index (χ0) is 27.9. The van der Waals surface area contributed by atoms with Crippen LogP contribution in [-0.2, 0) is 28.3 Å². The van der Waals surface area contributed by atoms with E-state index in [-0.39, 0.29) is 41.7 Å². The summed E-state index contributed by atoms with van der Waals surface area (Å²) in [7, 11) is 0. The molecule has 37 heavy (non-hydrogen) atoms. The SMILES string of the molecule is CC(C)(C)OC(=O)C(c1cc(Br)cc(C(F)(F)F)c1)n1cc(CCN2CC(F)C2)c(C(F)(F)F)cc1=O. The first-order chi connectivity index (χ1) is 16.8. The molecule has 1 aliphatic heterocycles. The molecule has 5 nitrogen and oxygen atoms in total. The lowest BCUT2D eigenvalue weighted by Crippen LogP contribution is -2.49. The van der Waals surface area contributed by atoms with Crippen LogP contribution in [-0.4, -0.2) is 46.8 Å². The maximum atomic E-state index is 13.7. The molecule has 3 rings (SSSR count). The van der Waals surface area contributed by atoms with Gasteiger partial charge in [0.1, 0.15) is 11.8 Å². The molecule has 13 heteroatoms. The molecule has 1 aromatic heterocycles. The summed E-state index contributed by atoms with van der Waals surface area (Å²) in [6.45, 7) is 4.65.